The van der Waals surface area contributed by atoms with Crippen LogP contribution in [0.3, 0.4) is 0 Å². The highest BCUT2D eigenvalue weighted by atomic mass is 16.4. The first-order valence-corrected chi connectivity index (χ1v) is 23.4. The number of phenols is 2. The minimum atomic E-state index is -1.13. The van der Waals surface area contributed by atoms with Crippen molar-refractivity contribution in [2.75, 3.05) is 5.73 Å². The molecule has 0 spiro atoms. The number of aromatic nitrogens is 2. The number of allylic oxidation sites excluding steroid dienone is 1. The van der Waals surface area contributed by atoms with Crippen LogP contribution in [0.1, 0.15) is 119 Å². The zero-order valence-corrected chi connectivity index (χ0v) is 36.4. The average Bonchev–Trinajstić information content (AvgIpc) is 3.82. The van der Waals surface area contributed by atoms with E-state index in [-0.39, 0.29) is 47.2 Å². The van der Waals surface area contributed by atoms with Gasteiger partial charge in [0.05, 0.1) is 23.7 Å². The molecule has 3 aliphatic rings. The summed E-state index contributed by atoms with van der Waals surface area (Å²) in [6.45, 7) is 2.21. The number of carboxylic acids is 1. The van der Waals surface area contributed by atoms with E-state index < -0.39 is 23.6 Å². The Hall–Kier alpha value is -4.64. The van der Waals surface area contributed by atoms with Gasteiger partial charge in [-0.25, -0.2) is 4.98 Å². The number of nitrogens with two attached hydrogens (primary N) is 1. The van der Waals surface area contributed by atoms with Crippen molar-refractivity contribution in [1.29, 1.82) is 0 Å². The average molecular weight is 848 g/mol. The van der Waals surface area contributed by atoms with Gasteiger partial charge in [-0.1, -0.05) is 87.9 Å². The van der Waals surface area contributed by atoms with Crippen LogP contribution in [0.25, 0.3) is 11.3 Å². The third kappa shape index (κ3) is 10.9. The van der Waals surface area contributed by atoms with Crippen molar-refractivity contribution in [1.82, 2.24) is 9.97 Å². The molecule has 334 valence electrons. The molecule has 62 heavy (non-hydrogen) atoms. The van der Waals surface area contributed by atoms with E-state index in [0.717, 1.165) is 67.5 Å². The number of unbranched alkanes of at least 4 members (excludes halogenated alkanes) is 4. The Kier molecular flexibility index (Phi) is 15.1. The topological polar surface area (TPSA) is 193 Å². The summed E-state index contributed by atoms with van der Waals surface area (Å²) in [7, 11) is 0. The fraction of sp³-hybridized carbons (Fsp3) is 0.538. The first-order chi connectivity index (χ1) is 29.9. The van der Waals surface area contributed by atoms with Crippen LogP contribution in [0.2, 0.25) is 0 Å². The number of nitrogen functional groups attached to an aromatic ring is 1. The zero-order valence-electron chi connectivity index (χ0n) is 36.4. The second kappa shape index (κ2) is 20.7. The van der Waals surface area contributed by atoms with Crippen molar-refractivity contribution in [2.45, 2.75) is 134 Å². The van der Waals surface area contributed by atoms with Crippen LogP contribution in [0.15, 0.2) is 85.1 Å². The van der Waals surface area contributed by atoms with E-state index >= 15 is 0 Å². The fourth-order valence-electron chi connectivity index (χ4n) is 11.6. The van der Waals surface area contributed by atoms with Crippen molar-refractivity contribution in [3.63, 3.8) is 0 Å². The Labute approximate surface area is 367 Å². The van der Waals surface area contributed by atoms with Crippen LogP contribution in [-0.2, 0) is 24.1 Å². The molecule has 10 unspecified atom stereocenters. The molecule has 2 aromatic carbocycles. The largest absolute Gasteiger partial charge is 0.508 e. The van der Waals surface area contributed by atoms with Crippen LogP contribution in [0.5, 0.6) is 11.5 Å². The summed E-state index contributed by atoms with van der Waals surface area (Å²) in [4.78, 5) is 20.5. The summed E-state index contributed by atoms with van der Waals surface area (Å²) in [6, 6.07) is 20.7. The maximum atomic E-state index is 12.9. The molecule has 0 amide bonds. The molecular formula is C52H69N3O7. The molecular weight excluding hydrogens is 779 g/mol. The molecule has 10 nitrogen and oxygen atoms in total. The number of phenolic OH excluding ortho intramolecular Hbond substituents is 2. The Morgan fingerprint density at radius 1 is 0.919 bits per heavy atom. The van der Waals surface area contributed by atoms with Gasteiger partial charge in [0, 0.05) is 47.1 Å². The lowest BCUT2D eigenvalue weighted by atomic mass is 9.64. The molecule has 0 radical (unpaired) electrons. The van der Waals surface area contributed by atoms with E-state index in [9.17, 15) is 35.4 Å². The SMILES string of the molecule is CCCCCC1C=CC(CCCCCC(C(=O)O)C(O)C2CCC3C(Cc4ccnc(N)c4)CC(Cc4ccc(-c5cc(O)cc(O)c5Cc5ccccc5)[nH]4)C3(O)C2)C(O)C1. The van der Waals surface area contributed by atoms with Gasteiger partial charge in [-0.2, -0.15) is 0 Å². The Morgan fingerprint density at radius 3 is 2.48 bits per heavy atom. The number of aromatic hydroxyl groups is 2. The monoisotopic (exact) mass is 848 g/mol. The number of carboxylic acid groups (broad SMARTS) is 1. The second-order valence-electron chi connectivity index (χ2n) is 19.1. The Morgan fingerprint density at radius 2 is 1.73 bits per heavy atom. The first-order valence-electron chi connectivity index (χ1n) is 23.4. The van der Waals surface area contributed by atoms with Crippen molar-refractivity contribution in [3.8, 4) is 22.8 Å². The van der Waals surface area contributed by atoms with E-state index in [1.54, 1.807) is 12.3 Å². The molecule has 7 rings (SSSR count). The summed E-state index contributed by atoms with van der Waals surface area (Å²) in [6.07, 6.45) is 18.2. The predicted molar refractivity (Wildman–Crippen MR) is 243 cm³/mol. The number of aliphatic hydroxyl groups is 3. The number of benzene rings is 2. The minimum absolute atomic E-state index is 0.0156. The summed E-state index contributed by atoms with van der Waals surface area (Å²) >= 11 is 0. The number of aliphatic carboxylic acids is 1. The van der Waals surface area contributed by atoms with Gasteiger partial charge in [0.1, 0.15) is 17.3 Å². The number of anilines is 1. The normalized spacial score (nSPS) is 26.9. The summed E-state index contributed by atoms with van der Waals surface area (Å²) in [5.41, 5.74) is 10.1. The minimum Gasteiger partial charge on any atom is -0.508 e. The smallest absolute Gasteiger partial charge is 0.309 e. The van der Waals surface area contributed by atoms with Gasteiger partial charge < -0.3 is 41.4 Å². The number of nitrogens with zero attached hydrogens (tertiary/aromatic N) is 1. The lowest BCUT2D eigenvalue weighted by molar-refractivity contribution is -0.152. The molecule has 9 N–H and O–H groups in total. The van der Waals surface area contributed by atoms with Gasteiger partial charge in [0.2, 0.25) is 0 Å². The first kappa shape index (κ1) is 45.4. The number of carbonyl (C=O) groups is 1. The van der Waals surface area contributed by atoms with Gasteiger partial charge in [0.25, 0.3) is 0 Å². The molecule has 10 atom stereocenters. The van der Waals surface area contributed by atoms with Crippen LogP contribution >= 0.6 is 0 Å². The highest BCUT2D eigenvalue weighted by Crippen LogP contribution is 2.56. The number of pyridine rings is 1. The number of hydrogen-bond acceptors (Lipinski definition) is 8. The molecule has 2 saturated carbocycles. The maximum Gasteiger partial charge on any atom is 0.309 e. The number of aromatic amines is 1. The molecule has 2 heterocycles. The van der Waals surface area contributed by atoms with E-state index in [1.165, 1.54) is 25.3 Å². The quantitative estimate of drug-likeness (QED) is 0.0316. The second-order valence-corrected chi connectivity index (χ2v) is 19.1. The molecule has 2 aromatic heterocycles. The molecule has 0 bridgehead atoms. The summed E-state index contributed by atoms with van der Waals surface area (Å²) in [5, 5.41) is 67.5. The molecule has 0 aliphatic heterocycles. The molecule has 3 aliphatic carbocycles. The van der Waals surface area contributed by atoms with Crippen LogP contribution < -0.4 is 5.73 Å². The molecule has 2 fully saturated rings. The third-order valence-corrected chi connectivity index (χ3v) is 14.8. The molecule has 10 heteroatoms. The van der Waals surface area contributed by atoms with Crippen LogP contribution in [0, 0.1) is 41.4 Å². The van der Waals surface area contributed by atoms with Gasteiger partial charge in [-0.3, -0.25) is 4.79 Å². The molecule has 0 saturated heterocycles. The van der Waals surface area contributed by atoms with Crippen molar-refractivity contribution in [2.24, 2.45) is 41.4 Å². The predicted octanol–water partition coefficient (Wildman–Crippen LogP) is 9.38. The van der Waals surface area contributed by atoms with E-state index in [4.69, 9.17) is 5.73 Å². The van der Waals surface area contributed by atoms with Gasteiger partial charge in [0.15, 0.2) is 0 Å². The Balaban J connectivity index is 1.03. The number of fused-ring (bicyclic) bond motifs is 1. The van der Waals surface area contributed by atoms with Crippen LogP contribution in [0.4, 0.5) is 5.82 Å². The fourth-order valence-corrected chi connectivity index (χ4v) is 11.6. The van der Waals surface area contributed by atoms with E-state index in [2.05, 4.69) is 29.0 Å². The number of H-pyrrole nitrogens is 1. The number of rotatable bonds is 20. The lowest BCUT2D eigenvalue weighted by Crippen LogP contribution is -2.50. The number of aliphatic hydroxyl groups excluding tert-OH is 2. The number of hydrogen-bond donors (Lipinski definition) is 8. The van der Waals surface area contributed by atoms with Gasteiger partial charge >= 0.3 is 5.97 Å². The lowest BCUT2D eigenvalue weighted by Gasteiger charge is -2.45. The summed E-state index contributed by atoms with van der Waals surface area (Å²) in [5.74, 6) is -1.30. The maximum absolute atomic E-state index is 12.9. The van der Waals surface area contributed by atoms with Gasteiger partial charge in [-0.15, -0.1) is 0 Å². The van der Waals surface area contributed by atoms with Crippen molar-refractivity contribution >= 4 is 11.8 Å². The highest BCUT2D eigenvalue weighted by Gasteiger charge is 2.57. The summed E-state index contributed by atoms with van der Waals surface area (Å²) < 4.78 is 0. The number of nitrogens with one attached hydrogen (secondary N) is 1. The standard InChI is InChI=1S/C52H69N3O7/c1-2-3-6-11-34-16-17-36(47(57)26-34)14-9-5-10-15-42(51(60)61)50(59)37-18-20-45-38(24-35-22-23-54-49(53)27-35)28-39(52(45,62)32-37)29-40-19-21-46(55-40)43-30-41(56)31-48(58)44(43)25-33-12-7-4-8-13-33/h4,7-8,12-13,16-17,19,21-23,27,30-31,34,36-39,42,45,47,50,55-59,62H,2-3,5-6,9-11,14-15,18,20,24-26,28-29,32H2,1H3,(H2,53,54)(H,60,61). The van der Waals surface area contributed by atoms with E-state index in [1.807, 2.05) is 54.6 Å². The molecule has 4 aromatic rings. The van der Waals surface area contributed by atoms with Crippen molar-refractivity contribution < 1.29 is 35.4 Å². The third-order valence-electron chi connectivity index (χ3n) is 14.8. The zero-order chi connectivity index (χ0) is 43.8. The highest BCUT2D eigenvalue weighted by molar-refractivity contribution is 5.71. The van der Waals surface area contributed by atoms with E-state index in [0.29, 0.717) is 67.8 Å². The van der Waals surface area contributed by atoms with Crippen molar-refractivity contribution in [3.05, 3.63) is 107 Å². The van der Waals surface area contributed by atoms with Crippen LogP contribution in [-0.4, -0.2) is 64.4 Å². The Bertz CT molecular complexity index is 2100. The van der Waals surface area contributed by atoms with Gasteiger partial charge in [-0.05, 0) is 135 Å².